The molecule has 2 fully saturated rings. The first kappa shape index (κ1) is 16.3. The van der Waals surface area contributed by atoms with E-state index in [2.05, 4.69) is 18.7 Å². The summed E-state index contributed by atoms with van der Waals surface area (Å²) in [4.78, 5) is 2.62. The molecule has 2 saturated carbocycles. The second kappa shape index (κ2) is 6.76. The third-order valence-electron chi connectivity index (χ3n) is 6.18. The SMILES string of the molecule is CCN(C(C)COC)C1(CN)CCC2(CCCC2)CC1. The van der Waals surface area contributed by atoms with Crippen LogP contribution in [0.5, 0.6) is 0 Å². The molecule has 0 heterocycles. The van der Waals surface area contributed by atoms with Gasteiger partial charge in [-0.05, 0) is 57.4 Å². The Kier molecular flexibility index (Phi) is 5.49. The van der Waals surface area contributed by atoms with Gasteiger partial charge in [0.15, 0.2) is 0 Å². The highest BCUT2D eigenvalue weighted by Crippen LogP contribution is 2.52. The molecule has 2 rings (SSSR count). The molecule has 3 heteroatoms. The average molecular weight is 282 g/mol. The number of nitrogens with zero attached hydrogens (tertiary/aromatic N) is 1. The molecule has 118 valence electrons. The molecule has 0 aliphatic heterocycles. The predicted octanol–water partition coefficient (Wildman–Crippen LogP) is 3.18. The van der Waals surface area contributed by atoms with Crippen LogP contribution in [0.25, 0.3) is 0 Å². The van der Waals surface area contributed by atoms with Crippen LogP contribution >= 0.6 is 0 Å². The average Bonchev–Trinajstić information content (AvgIpc) is 2.91. The Hall–Kier alpha value is -0.120. The molecule has 1 spiro atoms. The Morgan fingerprint density at radius 1 is 1.10 bits per heavy atom. The van der Waals surface area contributed by atoms with E-state index in [0.717, 1.165) is 19.7 Å². The summed E-state index contributed by atoms with van der Waals surface area (Å²) in [5.74, 6) is 0. The lowest BCUT2D eigenvalue weighted by molar-refractivity contribution is -0.0256. The van der Waals surface area contributed by atoms with E-state index in [-0.39, 0.29) is 5.54 Å². The summed E-state index contributed by atoms with van der Waals surface area (Å²) >= 11 is 0. The van der Waals surface area contributed by atoms with Crippen LogP contribution in [-0.2, 0) is 4.74 Å². The van der Waals surface area contributed by atoms with E-state index in [1.54, 1.807) is 7.11 Å². The van der Waals surface area contributed by atoms with E-state index in [9.17, 15) is 0 Å². The summed E-state index contributed by atoms with van der Waals surface area (Å²) in [6, 6.07) is 0.464. The monoisotopic (exact) mass is 282 g/mol. The van der Waals surface area contributed by atoms with Crippen LogP contribution in [0.4, 0.5) is 0 Å². The lowest BCUT2D eigenvalue weighted by atomic mass is 9.65. The normalized spacial score (nSPS) is 26.2. The van der Waals surface area contributed by atoms with E-state index in [4.69, 9.17) is 10.5 Å². The Bertz CT molecular complexity index is 289. The van der Waals surface area contributed by atoms with Crippen molar-refractivity contribution in [2.45, 2.75) is 76.8 Å². The van der Waals surface area contributed by atoms with Crippen LogP contribution in [0.15, 0.2) is 0 Å². The fourth-order valence-electron chi connectivity index (χ4n) is 4.93. The minimum absolute atomic E-state index is 0.223. The smallest absolute Gasteiger partial charge is 0.0615 e. The lowest BCUT2D eigenvalue weighted by Gasteiger charge is -2.52. The molecule has 1 atom stereocenters. The summed E-state index contributed by atoms with van der Waals surface area (Å²) in [5, 5.41) is 0. The van der Waals surface area contributed by atoms with Crippen molar-refractivity contribution in [3.8, 4) is 0 Å². The first-order valence-electron chi connectivity index (χ1n) is 8.57. The minimum atomic E-state index is 0.223. The van der Waals surface area contributed by atoms with Crippen LogP contribution in [0, 0.1) is 5.41 Å². The molecule has 3 nitrogen and oxygen atoms in total. The zero-order valence-corrected chi connectivity index (χ0v) is 13.8. The summed E-state index contributed by atoms with van der Waals surface area (Å²) in [7, 11) is 1.80. The van der Waals surface area contributed by atoms with Crippen LogP contribution < -0.4 is 5.73 Å². The maximum atomic E-state index is 6.25. The van der Waals surface area contributed by atoms with Crippen molar-refractivity contribution >= 4 is 0 Å². The largest absolute Gasteiger partial charge is 0.383 e. The van der Waals surface area contributed by atoms with E-state index in [1.807, 2.05) is 0 Å². The molecular weight excluding hydrogens is 248 g/mol. The Morgan fingerprint density at radius 2 is 1.70 bits per heavy atom. The Labute approximate surface area is 125 Å². The molecule has 0 aromatic carbocycles. The van der Waals surface area contributed by atoms with Gasteiger partial charge < -0.3 is 10.5 Å². The van der Waals surface area contributed by atoms with Gasteiger partial charge in [-0.3, -0.25) is 4.90 Å². The van der Waals surface area contributed by atoms with Gasteiger partial charge in [-0.25, -0.2) is 0 Å². The third-order valence-corrected chi connectivity index (χ3v) is 6.18. The zero-order valence-electron chi connectivity index (χ0n) is 13.8. The fourth-order valence-corrected chi connectivity index (χ4v) is 4.93. The first-order chi connectivity index (χ1) is 9.61. The van der Waals surface area contributed by atoms with Gasteiger partial charge in [0.2, 0.25) is 0 Å². The molecule has 0 aromatic heterocycles. The molecule has 0 saturated heterocycles. The summed E-state index contributed by atoms with van der Waals surface area (Å²) in [6.45, 7) is 7.23. The number of hydrogen-bond donors (Lipinski definition) is 1. The molecule has 20 heavy (non-hydrogen) atoms. The Balaban J connectivity index is 2.06. The Morgan fingerprint density at radius 3 is 2.15 bits per heavy atom. The van der Waals surface area contributed by atoms with E-state index < -0.39 is 0 Å². The van der Waals surface area contributed by atoms with Gasteiger partial charge in [0.25, 0.3) is 0 Å². The minimum Gasteiger partial charge on any atom is -0.383 e. The molecule has 0 amide bonds. The predicted molar refractivity (Wildman–Crippen MR) is 84.9 cm³/mol. The van der Waals surface area contributed by atoms with Crippen LogP contribution in [-0.4, -0.2) is 43.3 Å². The molecule has 0 radical (unpaired) electrons. The van der Waals surface area contributed by atoms with Crippen molar-refractivity contribution in [3.05, 3.63) is 0 Å². The second-order valence-corrected chi connectivity index (χ2v) is 7.23. The van der Waals surface area contributed by atoms with Gasteiger partial charge >= 0.3 is 0 Å². The maximum absolute atomic E-state index is 6.25. The molecular formula is C17H34N2O. The van der Waals surface area contributed by atoms with Crippen molar-refractivity contribution in [2.24, 2.45) is 11.1 Å². The number of ether oxygens (including phenoxy) is 1. The molecule has 2 aliphatic carbocycles. The van der Waals surface area contributed by atoms with Crippen LogP contribution in [0.1, 0.15) is 65.2 Å². The zero-order chi connectivity index (χ0) is 14.6. The number of rotatable bonds is 6. The van der Waals surface area contributed by atoms with Crippen molar-refractivity contribution in [1.82, 2.24) is 4.90 Å². The van der Waals surface area contributed by atoms with Gasteiger partial charge in [0.05, 0.1) is 6.61 Å². The summed E-state index contributed by atoms with van der Waals surface area (Å²) in [5.41, 5.74) is 7.16. The molecule has 0 aromatic rings. The highest BCUT2D eigenvalue weighted by Gasteiger charge is 2.46. The lowest BCUT2D eigenvalue weighted by Crippen LogP contribution is -2.60. The third kappa shape index (κ3) is 3.05. The van der Waals surface area contributed by atoms with Crippen molar-refractivity contribution in [1.29, 1.82) is 0 Å². The maximum Gasteiger partial charge on any atom is 0.0615 e. The summed E-state index contributed by atoms with van der Waals surface area (Å²) < 4.78 is 5.38. The molecule has 2 N–H and O–H groups in total. The van der Waals surface area contributed by atoms with Crippen molar-refractivity contribution < 1.29 is 4.74 Å². The quantitative estimate of drug-likeness (QED) is 0.813. The number of hydrogen-bond acceptors (Lipinski definition) is 3. The topological polar surface area (TPSA) is 38.5 Å². The van der Waals surface area contributed by atoms with E-state index >= 15 is 0 Å². The van der Waals surface area contributed by atoms with Crippen molar-refractivity contribution in [2.75, 3.05) is 26.8 Å². The van der Waals surface area contributed by atoms with Crippen LogP contribution in [0.3, 0.4) is 0 Å². The second-order valence-electron chi connectivity index (χ2n) is 7.23. The van der Waals surface area contributed by atoms with E-state index in [0.29, 0.717) is 11.5 Å². The van der Waals surface area contributed by atoms with Gasteiger partial charge in [-0.1, -0.05) is 19.8 Å². The molecule has 1 unspecified atom stereocenters. The van der Waals surface area contributed by atoms with Gasteiger partial charge in [0, 0.05) is 25.2 Å². The van der Waals surface area contributed by atoms with Gasteiger partial charge in [-0.15, -0.1) is 0 Å². The fraction of sp³-hybridized carbons (Fsp3) is 1.00. The highest BCUT2D eigenvalue weighted by molar-refractivity contribution is 5.02. The number of likely N-dealkylation sites (N-methyl/N-ethyl adjacent to an activating group) is 1. The highest BCUT2D eigenvalue weighted by atomic mass is 16.5. The molecule has 2 aliphatic rings. The standard InChI is InChI=1S/C17H34N2O/c1-4-19(15(2)13-20-3)17(14-18)11-9-16(10-12-17)7-5-6-8-16/h15H,4-14,18H2,1-3H3. The van der Waals surface area contributed by atoms with Gasteiger partial charge in [0.1, 0.15) is 0 Å². The van der Waals surface area contributed by atoms with Crippen molar-refractivity contribution in [3.63, 3.8) is 0 Å². The van der Waals surface area contributed by atoms with Crippen LogP contribution in [0.2, 0.25) is 0 Å². The first-order valence-corrected chi connectivity index (χ1v) is 8.57. The van der Waals surface area contributed by atoms with Gasteiger partial charge in [-0.2, -0.15) is 0 Å². The molecule has 0 bridgehead atoms. The van der Waals surface area contributed by atoms with E-state index in [1.165, 1.54) is 51.4 Å². The number of methoxy groups -OCH3 is 1. The number of nitrogens with two attached hydrogens (primary N) is 1. The summed E-state index contributed by atoms with van der Waals surface area (Å²) in [6.07, 6.45) is 11.2.